The minimum Gasteiger partial charge on any atom is -0.462 e. The minimum absolute atomic E-state index is 0.0542. The van der Waals surface area contributed by atoms with E-state index in [1.807, 2.05) is 0 Å². The number of nitrogens with one attached hydrogen (secondary N) is 1. The molecule has 0 saturated carbocycles. The summed E-state index contributed by atoms with van der Waals surface area (Å²) >= 11 is 0. The van der Waals surface area contributed by atoms with Crippen LogP contribution in [0.4, 0.5) is 14.5 Å². The molecular weight excluding hydrogens is 350 g/mol. The Morgan fingerprint density at radius 3 is 2.62 bits per heavy atom. The van der Waals surface area contributed by atoms with Crippen LogP contribution < -0.4 is 14.8 Å². The molecule has 0 fully saturated rings. The molecule has 1 aliphatic heterocycles. The number of rotatable bonds is 4. The number of esters is 1. The number of carbonyl (C=O) groups excluding carboxylic acids is 2. The minimum atomic E-state index is -3.73. The van der Waals surface area contributed by atoms with E-state index < -0.39 is 18.2 Å². The van der Waals surface area contributed by atoms with Gasteiger partial charge in [0.15, 0.2) is 11.5 Å². The van der Waals surface area contributed by atoms with E-state index in [1.54, 1.807) is 13.8 Å². The first-order valence-electron chi connectivity index (χ1n) is 7.65. The van der Waals surface area contributed by atoms with Crippen LogP contribution in [0.1, 0.15) is 33.5 Å². The number of carbonyl (C=O) groups is 2. The number of anilines is 1. The third kappa shape index (κ3) is 3.56. The van der Waals surface area contributed by atoms with Crippen molar-refractivity contribution in [2.75, 3.05) is 11.9 Å². The number of aryl methyl sites for hydroxylation is 1. The van der Waals surface area contributed by atoms with E-state index in [0.29, 0.717) is 5.69 Å². The van der Waals surface area contributed by atoms with Crippen molar-refractivity contribution >= 4 is 17.6 Å². The first kappa shape index (κ1) is 17.6. The van der Waals surface area contributed by atoms with Crippen molar-refractivity contribution in [1.29, 1.82) is 0 Å². The average molecular weight is 364 g/mol. The first-order chi connectivity index (χ1) is 12.3. The Bertz CT molecular complexity index is 885. The SMILES string of the molecule is CCOC(=O)c1ccc(C(=O)Nc2ccc3c(c2)OC(F)(F)O3)nc1C. The topological polar surface area (TPSA) is 86.8 Å². The third-order valence-electron chi connectivity index (χ3n) is 3.47. The van der Waals surface area contributed by atoms with Gasteiger partial charge in [-0.15, -0.1) is 8.78 Å². The van der Waals surface area contributed by atoms with Gasteiger partial charge in [-0.25, -0.2) is 9.78 Å². The molecule has 7 nitrogen and oxygen atoms in total. The fraction of sp³-hybridized carbons (Fsp3) is 0.235. The molecule has 1 aliphatic rings. The molecule has 0 atom stereocenters. The fourth-order valence-electron chi connectivity index (χ4n) is 2.33. The van der Waals surface area contributed by atoms with Crippen LogP contribution in [-0.2, 0) is 4.74 Å². The smallest absolute Gasteiger partial charge is 0.462 e. The lowest BCUT2D eigenvalue weighted by Gasteiger charge is -2.08. The maximum Gasteiger partial charge on any atom is 0.586 e. The van der Waals surface area contributed by atoms with Crippen molar-refractivity contribution in [3.63, 3.8) is 0 Å². The summed E-state index contributed by atoms with van der Waals surface area (Å²) in [4.78, 5) is 28.1. The molecule has 1 amide bonds. The molecular formula is C17H14F2N2O5. The van der Waals surface area contributed by atoms with Crippen LogP contribution in [0.5, 0.6) is 11.5 Å². The van der Waals surface area contributed by atoms with Crippen molar-refractivity contribution in [2.24, 2.45) is 0 Å². The van der Waals surface area contributed by atoms with E-state index in [0.717, 1.165) is 0 Å². The second-order valence-corrected chi connectivity index (χ2v) is 5.33. The molecule has 0 radical (unpaired) electrons. The van der Waals surface area contributed by atoms with E-state index in [1.165, 1.54) is 30.3 Å². The van der Waals surface area contributed by atoms with Gasteiger partial charge in [-0.05, 0) is 38.1 Å². The summed E-state index contributed by atoms with van der Waals surface area (Å²) in [6.45, 7) is 3.49. The molecule has 1 aromatic carbocycles. The second kappa shape index (κ2) is 6.58. The molecule has 0 bridgehead atoms. The zero-order valence-corrected chi connectivity index (χ0v) is 13.8. The van der Waals surface area contributed by atoms with E-state index in [-0.39, 0.29) is 35.1 Å². The van der Waals surface area contributed by atoms with Crippen LogP contribution in [0.2, 0.25) is 0 Å². The fourth-order valence-corrected chi connectivity index (χ4v) is 2.33. The van der Waals surface area contributed by atoms with E-state index in [9.17, 15) is 18.4 Å². The molecule has 1 aromatic heterocycles. The van der Waals surface area contributed by atoms with Crippen LogP contribution in [-0.4, -0.2) is 29.8 Å². The zero-order valence-electron chi connectivity index (χ0n) is 13.8. The maximum absolute atomic E-state index is 13.0. The number of hydrogen-bond acceptors (Lipinski definition) is 6. The summed E-state index contributed by atoms with van der Waals surface area (Å²) in [6.07, 6.45) is -3.73. The number of ether oxygens (including phenoxy) is 3. The normalized spacial score (nSPS) is 14.0. The van der Waals surface area contributed by atoms with E-state index in [4.69, 9.17) is 4.74 Å². The Hall–Kier alpha value is -3.23. The Balaban J connectivity index is 1.75. The van der Waals surface area contributed by atoms with Gasteiger partial charge < -0.3 is 19.5 Å². The number of benzene rings is 1. The van der Waals surface area contributed by atoms with Crippen molar-refractivity contribution < 1.29 is 32.6 Å². The van der Waals surface area contributed by atoms with Crippen molar-refractivity contribution in [3.8, 4) is 11.5 Å². The lowest BCUT2D eigenvalue weighted by molar-refractivity contribution is -0.286. The van der Waals surface area contributed by atoms with Crippen LogP contribution in [0, 0.1) is 6.92 Å². The highest BCUT2D eigenvalue weighted by atomic mass is 19.3. The van der Waals surface area contributed by atoms with Crippen LogP contribution in [0.15, 0.2) is 30.3 Å². The monoisotopic (exact) mass is 364 g/mol. The summed E-state index contributed by atoms with van der Waals surface area (Å²) in [7, 11) is 0. The molecule has 9 heteroatoms. The highest BCUT2D eigenvalue weighted by Crippen LogP contribution is 2.42. The summed E-state index contributed by atoms with van der Waals surface area (Å²) in [6, 6.07) is 6.68. The molecule has 0 spiro atoms. The molecule has 0 saturated heterocycles. The molecule has 2 aromatic rings. The Labute approximate surface area is 146 Å². The number of hydrogen-bond donors (Lipinski definition) is 1. The molecule has 26 heavy (non-hydrogen) atoms. The second-order valence-electron chi connectivity index (χ2n) is 5.33. The van der Waals surface area contributed by atoms with Gasteiger partial charge in [0.1, 0.15) is 5.69 Å². The van der Waals surface area contributed by atoms with Gasteiger partial charge in [-0.2, -0.15) is 0 Å². The number of alkyl halides is 2. The Kier molecular flexibility index (Phi) is 4.45. The Morgan fingerprint density at radius 2 is 1.92 bits per heavy atom. The molecule has 0 unspecified atom stereocenters. The highest BCUT2D eigenvalue weighted by Gasteiger charge is 2.43. The predicted octanol–water partition coefficient (Wildman–Crippen LogP) is 3.14. The van der Waals surface area contributed by atoms with Gasteiger partial charge in [0.05, 0.1) is 17.9 Å². The van der Waals surface area contributed by atoms with Gasteiger partial charge in [0, 0.05) is 11.8 Å². The van der Waals surface area contributed by atoms with Gasteiger partial charge in [0.25, 0.3) is 5.91 Å². The number of aromatic nitrogens is 1. The number of amides is 1. The highest BCUT2D eigenvalue weighted by molar-refractivity contribution is 6.03. The van der Waals surface area contributed by atoms with Gasteiger partial charge in [-0.1, -0.05) is 0 Å². The van der Waals surface area contributed by atoms with Gasteiger partial charge in [0.2, 0.25) is 0 Å². The number of fused-ring (bicyclic) bond motifs is 1. The molecule has 136 valence electrons. The average Bonchev–Trinajstić information content (AvgIpc) is 2.87. The lowest BCUT2D eigenvalue weighted by atomic mass is 10.2. The molecule has 0 aliphatic carbocycles. The summed E-state index contributed by atoms with van der Waals surface area (Å²) in [5, 5.41) is 2.52. The first-order valence-corrected chi connectivity index (χ1v) is 7.65. The maximum atomic E-state index is 13.0. The quantitative estimate of drug-likeness (QED) is 0.839. The van der Waals surface area contributed by atoms with Crippen molar-refractivity contribution in [3.05, 3.63) is 47.3 Å². The van der Waals surface area contributed by atoms with Gasteiger partial charge in [-0.3, -0.25) is 4.79 Å². The number of nitrogens with zero attached hydrogens (tertiary/aromatic N) is 1. The summed E-state index contributed by atoms with van der Waals surface area (Å²) in [5.41, 5.74) is 0.873. The van der Waals surface area contributed by atoms with Crippen LogP contribution >= 0.6 is 0 Å². The predicted molar refractivity (Wildman–Crippen MR) is 85.5 cm³/mol. The molecule has 2 heterocycles. The lowest BCUT2D eigenvalue weighted by Crippen LogP contribution is -2.25. The van der Waals surface area contributed by atoms with Crippen LogP contribution in [0.3, 0.4) is 0 Å². The number of halogens is 2. The third-order valence-corrected chi connectivity index (χ3v) is 3.47. The van der Waals surface area contributed by atoms with E-state index in [2.05, 4.69) is 19.8 Å². The number of pyridine rings is 1. The molecule has 3 rings (SSSR count). The summed E-state index contributed by atoms with van der Waals surface area (Å²) < 4.78 is 39.6. The summed E-state index contributed by atoms with van der Waals surface area (Å²) in [5.74, 6) is -1.41. The van der Waals surface area contributed by atoms with Crippen LogP contribution in [0.25, 0.3) is 0 Å². The van der Waals surface area contributed by atoms with Crippen molar-refractivity contribution in [2.45, 2.75) is 20.1 Å². The Morgan fingerprint density at radius 1 is 1.19 bits per heavy atom. The zero-order chi connectivity index (χ0) is 18.9. The van der Waals surface area contributed by atoms with Crippen molar-refractivity contribution in [1.82, 2.24) is 4.98 Å². The van der Waals surface area contributed by atoms with Gasteiger partial charge >= 0.3 is 12.3 Å². The standard InChI is InChI=1S/C17H14F2N2O5/c1-3-24-16(23)11-5-6-12(20-9(11)2)15(22)21-10-4-7-13-14(8-10)26-17(18,19)25-13/h4-8H,3H2,1-2H3,(H,21,22). The largest absolute Gasteiger partial charge is 0.586 e. The molecule has 1 N–H and O–H groups in total. The van der Waals surface area contributed by atoms with E-state index >= 15 is 0 Å².